The third-order valence-corrected chi connectivity index (χ3v) is 3.85. The van der Waals surface area contributed by atoms with Crippen molar-refractivity contribution in [3.8, 4) is 0 Å². The minimum Gasteiger partial charge on any atom is -0.461 e. The summed E-state index contributed by atoms with van der Waals surface area (Å²) >= 11 is 0. The summed E-state index contributed by atoms with van der Waals surface area (Å²) in [5, 5.41) is 0. The SMILES string of the molecule is CCCCCCCCCCC(F)CCOC(=O)c1ccc[nH]1. The molecule has 3 nitrogen and oxygen atoms in total. The highest BCUT2D eigenvalue weighted by Crippen LogP contribution is 2.13. The molecular weight excluding hydrogens is 281 g/mol. The largest absolute Gasteiger partial charge is 0.461 e. The van der Waals surface area contributed by atoms with E-state index in [1.54, 1.807) is 18.3 Å². The predicted molar refractivity (Wildman–Crippen MR) is 87.8 cm³/mol. The molecule has 0 saturated heterocycles. The van der Waals surface area contributed by atoms with E-state index < -0.39 is 12.1 Å². The summed E-state index contributed by atoms with van der Waals surface area (Å²) in [4.78, 5) is 14.3. The summed E-state index contributed by atoms with van der Waals surface area (Å²) in [5.41, 5.74) is 0.415. The molecule has 22 heavy (non-hydrogen) atoms. The van der Waals surface area contributed by atoms with Gasteiger partial charge in [-0.1, -0.05) is 58.3 Å². The molecule has 4 heteroatoms. The van der Waals surface area contributed by atoms with Crippen molar-refractivity contribution in [1.82, 2.24) is 4.98 Å². The zero-order chi connectivity index (χ0) is 16.0. The lowest BCUT2D eigenvalue weighted by Crippen LogP contribution is -2.11. The molecule has 0 bridgehead atoms. The first kappa shape index (κ1) is 18.7. The zero-order valence-corrected chi connectivity index (χ0v) is 13.8. The summed E-state index contributed by atoms with van der Waals surface area (Å²) < 4.78 is 18.7. The number of esters is 1. The van der Waals surface area contributed by atoms with Gasteiger partial charge in [0.2, 0.25) is 0 Å². The highest BCUT2D eigenvalue weighted by molar-refractivity contribution is 5.87. The number of hydrogen-bond donors (Lipinski definition) is 1. The maximum atomic E-state index is 13.7. The molecule has 1 aromatic rings. The number of carbonyl (C=O) groups excluding carboxylic acids is 1. The van der Waals surface area contributed by atoms with Gasteiger partial charge in [-0.3, -0.25) is 0 Å². The number of H-pyrrole nitrogens is 1. The second kappa shape index (κ2) is 12.2. The number of alkyl halides is 1. The number of hydrogen-bond acceptors (Lipinski definition) is 2. The smallest absolute Gasteiger partial charge is 0.354 e. The van der Waals surface area contributed by atoms with Gasteiger partial charge < -0.3 is 9.72 Å². The maximum Gasteiger partial charge on any atom is 0.354 e. The molecule has 126 valence electrons. The lowest BCUT2D eigenvalue weighted by molar-refractivity contribution is 0.0464. The molecule has 1 heterocycles. The van der Waals surface area contributed by atoms with Gasteiger partial charge in [0, 0.05) is 12.6 Å². The summed E-state index contributed by atoms with van der Waals surface area (Å²) in [6, 6.07) is 3.38. The molecule has 0 aliphatic carbocycles. The van der Waals surface area contributed by atoms with Crippen molar-refractivity contribution >= 4 is 5.97 Å². The van der Waals surface area contributed by atoms with Gasteiger partial charge in [-0.25, -0.2) is 9.18 Å². The first-order chi connectivity index (χ1) is 10.7. The van der Waals surface area contributed by atoms with Crippen LogP contribution >= 0.6 is 0 Å². The summed E-state index contributed by atoms with van der Waals surface area (Å²) in [6.45, 7) is 2.37. The van der Waals surface area contributed by atoms with Crippen LogP contribution in [0.3, 0.4) is 0 Å². The quantitative estimate of drug-likeness (QED) is 0.390. The second-order valence-electron chi connectivity index (χ2n) is 5.87. The molecule has 0 radical (unpaired) electrons. The van der Waals surface area contributed by atoms with Gasteiger partial charge in [-0.05, 0) is 18.6 Å². The fourth-order valence-electron chi connectivity index (χ4n) is 2.46. The van der Waals surface area contributed by atoms with Gasteiger partial charge in [0.05, 0.1) is 6.61 Å². The van der Waals surface area contributed by atoms with Crippen LogP contribution in [0.1, 0.15) is 81.6 Å². The summed E-state index contributed by atoms with van der Waals surface area (Å²) in [5.74, 6) is -0.413. The predicted octanol–water partition coefficient (Wildman–Crippen LogP) is 5.43. The van der Waals surface area contributed by atoms with E-state index in [9.17, 15) is 9.18 Å². The van der Waals surface area contributed by atoms with Gasteiger partial charge in [-0.15, -0.1) is 0 Å². The van der Waals surface area contributed by atoms with Gasteiger partial charge in [0.25, 0.3) is 0 Å². The topological polar surface area (TPSA) is 42.1 Å². The number of ether oxygens (including phenoxy) is 1. The highest BCUT2D eigenvalue weighted by Gasteiger charge is 2.10. The fourth-order valence-corrected chi connectivity index (χ4v) is 2.46. The van der Waals surface area contributed by atoms with Crippen LogP contribution in [0.15, 0.2) is 18.3 Å². The number of halogens is 1. The summed E-state index contributed by atoms with van der Waals surface area (Å²) in [7, 11) is 0. The molecule has 1 rings (SSSR count). The van der Waals surface area contributed by atoms with Crippen LogP contribution in [0, 0.1) is 0 Å². The van der Waals surface area contributed by atoms with E-state index in [1.165, 1.54) is 38.5 Å². The average molecular weight is 311 g/mol. The molecule has 0 saturated carbocycles. The van der Waals surface area contributed by atoms with Gasteiger partial charge >= 0.3 is 5.97 Å². The third kappa shape index (κ3) is 8.85. The summed E-state index contributed by atoms with van der Waals surface area (Å²) in [6.07, 6.45) is 11.4. The monoisotopic (exact) mass is 311 g/mol. The Bertz CT molecular complexity index is 378. The molecule has 1 aromatic heterocycles. The molecule has 0 aliphatic heterocycles. The molecule has 0 aromatic carbocycles. The molecule has 0 amide bonds. The maximum absolute atomic E-state index is 13.7. The Morgan fingerprint density at radius 3 is 2.45 bits per heavy atom. The highest BCUT2D eigenvalue weighted by atomic mass is 19.1. The number of aromatic amines is 1. The Labute approximate surface area is 133 Å². The van der Waals surface area contributed by atoms with E-state index in [2.05, 4.69) is 11.9 Å². The molecule has 1 unspecified atom stereocenters. The van der Waals surface area contributed by atoms with Crippen molar-refractivity contribution in [3.63, 3.8) is 0 Å². The first-order valence-electron chi connectivity index (χ1n) is 8.68. The first-order valence-corrected chi connectivity index (χ1v) is 8.68. The van der Waals surface area contributed by atoms with E-state index in [-0.39, 0.29) is 6.61 Å². The lowest BCUT2D eigenvalue weighted by Gasteiger charge is -2.08. The molecule has 0 fully saturated rings. The minimum atomic E-state index is -0.864. The van der Waals surface area contributed by atoms with Crippen molar-refractivity contribution in [1.29, 1.82) is 0 Å². The lowest BCUT2D eigenvalue weighted by atomic mass is 10.1. The average Bonchev–Trinajstić information content (AvgIpc) is 3.04. The van der Waals surface area contributed by atoms with E-state index in [0.29, 0.717) is 18.5 Å². The molecule has 1 N–H and O–H groups in total. The Morgan fingerprint density at radius 1 is 1.14 bits per heavy atom. The van der Waals surface area contributed by atoms with E-state index in [4.69, 9.17) is 4.74 Å². The number of aromatic nitrogens is 1. The molecular formula is C18H30FNO2. The normalized spacial score (nSPS) is 12.3. The van der Waals surface area contributed by atoms with Crippen LogP contribution in [-0.2, 0) is 4.74 Å². The Hall–Kier alpha value is -1.32. The number of carbonyl (C=O) groups is 1. The molecule has 0 aliphatic rings. The van der Waals surface area contributed by atoms with Crippen LogP contribution in [0.4, 0.5) is 4.39 Å². The van der Waals surface area contributed by atoms with Gasteiger partial charge in [0.15, 0.2) is 0 Å². The fraction of sp³-hybridized carbons (Fsp3) is 0.722. The zero-order valence-electron chi connectivity index (χ0n) is 13.8. The Kier molecular flexibility index (Phi) is 10.4. The van der Waals surface area contributed by atoms with Crippen molar-refractivity contribution in [2.24, 2.45) is 0 Å². The van der Waals surface area contributed by atoms with Crippen LogP contribution in [0.25, 0.3) is 0 Å². The third-order valence-electron chi connectivity index (χ3n) is 3.85. The molecule has 0 spiro atoms. The van der Waals surface area contributed by atoms with Crippen LogP contribution in [-0.4, -0.2) is 23.7 Å². The molecule has 1 atom stereocenters. The van der Waals surface area contributed by atoms with E-state index >= 15 is 0 Å². The number of unbranched alkanes of at least 4 members (excludes halogenated alkanes) is 7. The van der Waals surface area contributed by atoms with Crippen molar-refractivity contribution < 1.29 is 13.9 Å². The number of nitrogens with one attached hydrogen (secondary N) is 1. The number of rotatable bonds is 13. The van der Waals surface area contributed by atoms with Crippen molar-refractivity contribution in [2.75, 3.05) is 6.61 Å². The van der Waals surface area contributed by atoms with E-state index in [0.717, 1.165) is 12.8 Å². The van der Waals surface area contributed by atoms with Crippen LogP contribution in [0.2, 0.25) is 0 Å². The van der Waals surface area contributed by atoms with Crippen molar-refractivity contribution in [3.05, 3.63) is 24.0 Å². The van der Waals surface area contributed by atoms with Gasteiger partial charge in [-0.2, -0.15) is 0 Å². The van der Waals surface area contributed by atoms with Crippen LogP contribution in [0.5, 0.6) is 0 Å². The van der Waals surface area contributed by atoms with E-state index in [1.807, 2.05) is 0 Å². The minimum absolute atomic E-state index is 0.149. The second-order valence-corrected chi connectivity index (χ2v) is 5.87. The Balaban J connectivity index is 1.91. The Morgan fingerprint density at radius 2 is 1.82 bits per heavy atom. The van der Waals surface area contributed by atoms with Gasteiger partial charge in [0.1, 0.15) is 11.9 Å². The van der Waals surface area contributed by atoms with Crippen molar-refractivity contribution in [2.45, 2.75) is 77.3 Å². The standard InChI is InChI=1S/C18H30FNO2/c1-2-3-4-5-6-7-8-9-11-16(19)13-15-22-18(21)17-12-10-14-20-17/h10,12,14,16,20H,2-9,11,13,15H2,1H3. The van der Waals surface area contributed by atoms with Crippen LogP contribution < -0.4 is 0 Å².